The van der Waals surface area contributed by atoms with E-state index in [0.717, 1.165) is 16.8 Å². The van der Waals surface area contributed by atoms with Gasteiger partial charge in [0.2, 0.25) is 0 Å². The lowest BCUT2D eigenvalue weighted by Gasteiger charge is -2.09. The van der Waals surface area contributed by atoms with E-state index < -0.39 is 10.8 Å². The van der Waals surface area contributed by atoms with Crippen LogP contribution in [0.2, 0.25) is 0 Å². The van der Waals surface area contributed by atoms with Crippen LogP contribution in [0.5, 0.6) is 6.01 Å². The van der Waals surface area contributed by atoms with E-state index in [1.54, 1.807) is 28.9 Å². The van der Waals surface area contributed by atoms with Crippen molar-refractivity contribution in [3.05, 3.63) is 94.0 Å². The summed E-state index contributed by atoms with van der Waals surface area (Å²) in [5, 5.41) is 18.1. The number of carbonyl (C=O) groups is 1. The molecule has 4 rings (SSSR count). The SMILES string of the molecule is COc1nc(-c2ccc(C)cc2)n(-c2ccc(NC(=O)c3cccc([N+](=O)[O-])c3)cc2)n1. The second kappa shape index (κ2) is 8.68. The number of carbonyl (C=O) groups excluding carboxylic acids is 1. The second-order valence-electron chi connectivity index (χ2n) is 7.01. The summed E-state index contributed by atoms with van der Waals surface area (Å²) in [7, 11) is 1.51. The van der Waals surface area contributed by atoms with E-state index in [0.29, 0.717) is 11.5 Å². The Morgan fingerprint density at radius 1 is 1.06 bits per heavy atom. The highest BCUT2D eigenvalue weighted by atomic mass is 16.6. The number of nitrogens with one attached hydrogen (secondary N) is 1. The Bertz CT molecular complexity index is 1280. The maximum atomic E-state index is 12.5. The van der Waals surface area contributed by atoms with Crippen LogP contribution in [0, 0.1) is 17.0 Å². The molecule has 0 aliphatic carbocycles. The quantitative estimate of drug-likeness (QED) is 0.359. The minimum atomic E-state index is -0.538. The summed E-state index contributed by atoms with van der Waals surface area (Å²) in [6, 6.07) is 20.7. The van der Waals surface area contributed by atoms with Gasteiger partial charge in [-0.1, -0.05) is 35.9 Å². The van der Waals surface area contributed by atoms with E-state index >= 15 is 0 Å². The summed E-state index contributed by atoms with van der Waals surface area (Å²) in [6.07, 6.45) is 0. The zero-order valence-electron chi connectivity index (χ0n) is 17.4. The summed E-state index contributed by atoms with van der Waals surface area (Å²) in [5.74, 6) is 0.180. The molecular formula is C23H19N5O4. The minimum Gasteiger partial charge on any atom is -0.466 e. The number of amides is 1. The second-order valence-corrected chi connectivity index (χ2v) is 7.01. The Morgan fingerprint density at radius 3 is 2.44 bits per heavy atom. The lowest BCUT2D eigenvalue weighted by atomic mass is 10.1. The van der Waals surface area contributed by atoms with Crippen molar-refractivity contribution in [3.63, 3.8) is 0 Å². The first-order chi connectivity index (χ1) is 15.4. The highest BCUT2D eigenvalue weighted by Crippen LogP contribution is 2.25. The lowest BCUT2D eigenvalue weighted by Crippen LogP contribution is -2.12. The molecule has 0 aliphatic heterocycles. The van der Waals surface area contributed by atoms with Gasteiger partial charge in [0.05, 0.1) is 17.7 Å². The van der Waals surface area contributed by atoms with Gasteiger partial charge in [-0.15, -0.1) is 5.10 Å². The van der Waals surface area contributed by atoms with Crippen LogP contribution in [-0.2, 0) is 0 Å². The average molecular weight is 429 g/mol. The number of aryl methyl sites for hydroxylation is 1. The van der Waals surface area contributed by atoms with E-state index in [-0.39, 0.29) is 17.3 Å². The van der Waals surface area contributed by atoms with Crippen molar-refractivity contribution >= 4 is 17.3 Å². The first-order valence-electron chi connectivity index (χ1n) is 9.69. The smallest absolute Gasteiger partial charge is 0.336 e. The van der Waals surface area contributed by atoms with Crippen molar-refractivity contribution < 1.29 is 14.5 Å². The van der Waals surface area contributed by atoms with Crippen molar-refractivity contribution in [1.29, 1.82) is 0 Å². The summed E-state index contributed by atoms with van der Waals surface area (Å²) in [5.41, 5.74) is 3.34. The number of rotatable bonds is 6. The third-order valence-corrected chi connectivity index (χ3v) is 4.77. The van der Waals surface area contributed by atoms with Gasteiger partial charge in [-0.2, -0.15) is 4.98 Å². The van der Waals surface area contributed by atoms with Crippen LogP contribution in [0.15, 0.2) is 72.8 Å². The fourth-order valence-corrected chi connectivity index (χ4v) is 3.10. The van der Waals surface area contributed by atoms with Crippen molar-refractivity contribution in [2.24, 2.45) is 0 Å². The number of hydrogen-bond acceptors (Lipinski definition) is 6. The summed E-state index contributed by atoms with van der Waals surface area (Å²) in [4.78, 5) is 27.3. The van der Waals surface area contributed by atoms with Gasteiger partial charge in [-0.3, -0.25) is 14.9 Å². The minimum absolute atomic E-state index is 0.142. The Kier molecular flexibility index (Phi) is 5.63. The van der Waals surface area contributed by atoms with Crippen molar-refractivity contribution in [2.75, 3.05) is 12.4 Å². The number of benzene rings is 3. The number of methoxy groups -OCH3 is 1. The van der Waals surface area contributed by atoms with Crippen LogP contribution >= 0.6 is 0 Å². The molecule has 0 radical (unpaired) electrons. The Labute approximate surface area is 183 Å². The van der Waals surface area contributed by atoms with Gasteiger partial charge < -0.3 is 10.1 Å². The van der Waals surface area contributed by atoms with E-state index in [1.807, 2.05) is 31.2 Å². The van der Waals surface area contributed by atoms with Crippen LogP contribution in [-0.4, -0.2) is 32.7 Å². The summed E-state index contributed by atoms with van der Waals surface area (Å²) >= 11 is 0. The molecule has 0 saturated carbocycles. The predicted molar refractivity (Wildman–Crippen MR) is 119 cm³/mol. The van der Waals surface area contributed by atoms with Gasteiger partial charge in [-0.25, -0.2) is 4.68 Å². The largest absolute Gasteiger partial charge is 0.466 e. The van der Waals surface area contributed by atoms with Gasteiger partial charge in [0.1, 0.15) is 0 Å². The van der Waals surface area contributed by atoms with Gasteiger partial charge >= 0.3 is 6.01 Å². The van der Waals surface area contributed by atoms with E-state index in [1.165, 1.54) is 31.4 Å². The molecule has 0 bridgehead atoms. The van der Waals surface area contributed by atoms with Gasteiger partial charge in [0.25, 0.3) is 11.6 Å². The number of nitro benzene ring substituents is 1. The predicted octanol–water partition coefficient (Wildman–Crippen LogP) is 4.41. The highest BCUT2D eigenvalue weighted by molar-refractivity contribution is 6.04. The third-order valence-electron chi connectivity index (χ3n) is 4.77. The summed E-state index contributed by atoms with van der Waals surface area (Å²) in [6.45, 7) is 2.01. The third kappa shape index (κ3) is 4.31. The maximum absolute atomic E-state index is 12.5. The molecule has 4 aromatic rings. The number of non-ortho nitro benzene ring substituents is 1. The van der Waals surface area contributed by atoms with Crippen molar-refractivity contribution in [2.45, 2.75) is 6.92 Å². The van der Waals surface area contributed by atoms with Crippen molar-refractivity contribution in [3.8, 4) is 23.1 Å². The highest BCUT2D eigenvalue weighted by Gasteiger charge is 2.15. The number of ether oxygens (including phenoxy) is 1. The average Bonchev–Trinajstić information content (AvgIpc) is 3.24. The molecule has 1 N–H and O–H groups in total. The molecule has 0 unspecified atom stereocenters. The van der Waals surface area contributed by atoms with E-state index in [4.69, 9.17) is 4.74 Å². The molecule has 0 spiro atoms. The lowest BCUT2D eigenvalue weighted by molar-refractivity contribution is -0.384. The number of anilines is 1. The van der Waals surface area contributed by atoms with Crippen LogP contribution in [0.4, 0.5) is 11.4 Å². The molecule has 1 amide bonds. The van der Waals surface area contributed by atoms with Gasteiger partial charge in [0, 0.05) is 28.9 Å². The van der Waals surface area contributed by atoms with Gasteiger partial charge in [0.15, 0.2) is 5.82 Å². The molecule has 32 heavy (non-hydrogen) atoms. The molecule has 0 aliphatic rings. The number of aromatic nitrogens is 3. The monoisotopic (exact) mass is 429 g/mol. The standard InChI is InChI=1S/C23H19N5O4/c1-15-6-8-16(9-7-15)21-25-23(32-2)26-27(21)19-12-10-18(11-13-19)24-22(29)17-4-3-5-20(14-17)28(30)31/h3-14H,1-2H3,(H,24,29). The van der Waals surface area contributed by atoms with Crippen LogP contribution < -0.4 is 10.1 Å². The molecule has 0 saturated heterocycles. The van der Waals surface area contributed by atoms with E-state index in [2.05, 4.69) is 15.4 Å². The first kappa shape index (κ1) is 20.7. The zero-order chi connectivity index (χ0) is 22.7. The first-order valence-corrected chi connectivity index (χ1v) is 9.69. The number of hydrogen-bond donors (Lipinski definition) is 1. The topological polar surface area (TPSA) is 112 Å². The molecule has 9 heteroatoms. The van der Waals surface area contributed by atoms with Crippen molar-refractivity contribution in [1.82, 2.24) is 14.8 Å². The Morgan fingerprint density at radius 2 is 1.78 bits per heavy atom. The maximum Gasteiger partial charge on any atom is 0.336 e. The van der Waals surface area contributed by atoms with Crippen LogP contribution in [0.3, 0.4) is 0 Å². The normalized spacial score (nSPS) is 10.6. The Balaban J connectivity index is 1.58. The molecule has 9 nitrogen and oxygen atoms in total. The fraction of sp³-hybridized carbons (Fsp3) is 0.0870. The molecule has 160 valence electrons. The van der Waals surface area contributed by atoms with E-state index in [9.17, 15) is 14.9 Å². The summed E-state index contributed by atoms with van der Waals surface area (Å²) < 4.78 is 6.87. The number of nitro groups is 1. The molecule has 0 atom stereocenters. The van der Waals surface area contributed by atoms with Crippen LogP contribution in [0.1, 0.15) is 15.9 Å². The Hall–Kier alpha value is -4.53. The molecule has 3 aromatic carbocycles. The molecular weight excluding hydrogens is 410 g/mol. The molecule has 0 fully saturated rings. The fourth-order valence-electron chi connectivity index (χ4n) is 3.10. The number of nitrogens with zero attached hydrogens (tertiary/aromatic N) is 4. The zero-order valence-corrected chi connectivity index (χ0v) is 17.4. The van der Waals surface area contributed by atoms with Gasteiger partial charge in [-0.05, 0) is 37.3 Å². The molecule has 1 aromatic heterocycles. The molecule has 1 heterocycles. The van der Waals surface area contributed by atoms with Crippen LogP contribution in [0.25, 0.3) is 17.1 Å².